The van der Waals surface area contributed by atoms with Gasteiger partial charge in [0.05, 0.1) is 6.54 Å². The lowest BCUT2D eigenvalue weighted by atomic mass is 10.1. The molecule has 0 aromatic carbocycles. The third-order valence-electron chi connectivity index (χ3n) is 1.54. The van der Waals surface area contributed by atoms with E-state index in [1.54, 1.807) is 14.0 Å². The standard InChI is InChI=1S/C7H14O.C3H8N2O.C2H6.C2H2/c1-6(2)4-5-7(3)8;1-5-3(6)2-4;2*1-2/h6H,4-5H2,1-3H3;2,4H2,1H3,(H,5,6);1-2H3;1-2H. The highest BCUT2D eigenvalue weighted by molar-refractivity contribution is 5.77. The molecule has 0 bridgehead atoms. The molecule has 18 heavy (non-hydrogen) atoms. The van der Waals surface area contributed by atoms with Crippen molar-refractivity contribution in [2.45, 2.75) is 47.5 Å². The Morgan fingerprint density at radius 3 is 1.67 bits per heavy atom. The summed E-state index contributed by atoms with van der Waals surface area (Å²) in [5.41, 5.74) is 4.87. The van der Waals surface area contributed by atoms with E-state index in [2.05, 4.69) is 32.0 Å². The van der Waals surface area contributed by atoms with Crippen molar-refractivity contribution < 1.29 is 9.59 Å². The molecule has 0 heterocycles. The number of terminal acetylenes is 1. The topological polar surface area (TPSA) is 72.2 Å². The van der Waals surface area contributed by atoms with Crippen LogP contribution in [-0.4, -0.2) is 25.3 Å². The van der Waals surface area contributed by atoms with E-state index < -0.39 is 0 Å². The van der Waals surface area contributed by atoms with Crippen LogP contribution in [0.5, 0.6) is 0 Å². The van der Waals surface area contributed by atoms with Crippen LogP contribution in [0, 0.1) is 18.8 Å². The maximum absolute atomic E-state index is 10.3. The summed E-state index contributed by atoms with van der Waals surface area (Å²) in [5, 5.41) is 2.35. The minimum absolute atomic E-state index is 0.0799. The molecule has 0 rings (SSSR count). The second-order valence-electron chi connectivity index (χ2n) is 3.51. The van der Waals surface area contributed by atoms with E-state index >= 15 is 0 Å². The highest BCUT2D eigenvalue weighted by Gasteiger charge is 1.95. The predicted molar refractivity (Wildman–Crippen MR) is 79.1 cm³/mol. The number of nitrogens with one attached hydrogen (secondary N) is 1. The van der Waals surface area contributed by atoms with E-state index in [-0.39, 0.29) is 12.5 Å². The van der Waals surface area contributed by atoms with Crippen LogP contribution >= 0.6 is 0 Å². The first kappa shape index (κ1) is 25.5. The van der Waals surface area contributed by atoms with Gasteiger partial charge in [-0.2, -0.15) is 0 Å². The van der Waals surface area contributed by atoms with Crippen molar-refractivity contribution in [3.05, 3.63) is 0 Å². The molecule has 0 unspecified atom stereocenters. The summed E-state index contributed by atoms with van der Waals surface area (Å²) >= 11 is 0. The van der Waals surface area contributed by atoms with Gasteiger partial charge in [-0.05, 0) is 19.3 Å². The summed E-state index contributed by atoms with van der Waals surface area (Å²) in [4.78, 5) is 20.3. The van der Waals surface area contributed by atoms with Crippen molar-refractivity contribution in [1.29, 1.82) is 0 Å². The number of hydrogen-bond acceptors (Lipinski definition) is 3. The van der Waals surface area contributed by atoms with Crippen LogP contribution in [0.2, 0.25) is 0 Å². The van der Waals surface area contributed by atoms with Gasteiger partial charge < -0.3 is 15.8 Å². The first-order valence-corrected chi connectivity index (χ1v) is 6.17. The van der Waals surface area contributed by atoms with Gasteiger partial charge in [-0.3, -0.25) is 4.79 Å². The first-order chi connectivity index (χ1) is 8.43. The molecule has 1 amide bonds. The molecule has 0 aliphatic rings. The Hall–Kier alpha value is -1.34. The Bertz CT molecular complexity index is 193. The van der Waals surface area contributed by atoms with Crippen molar-refractivity contribution in [3.63, 3.8) is 0 Å². The van der Waals surface area contributed by atoms with Crippen LogP contribution < -0.4 is 11.1 Å². The lowest BCUT2D eigenvalue weighted by molar-refractivity contribution is -0.119. The molecule has 0 aliphatic heterocycles. The zero-order valence-corrected chi connectivity index (χ0v) is 12.7. The first-order valence-electron chi connectivity index (χ1n) is 6.17. The van der Waals surface area contributed by atoms with Gasteiger partial charge in [0.1, 0.15) is 5.78 Å². The quantitative estimate of drug-likeness (QED) is 0.757. The zero-order chi connectivity index (χ0) is 15.6. The zero-order valence-electron chi connectivity index (χ0n) is 12.7. The number of Topliss-reactive ketones (excluding diaryl/α,β-unsaturated/α-hetero) is 1. The molecule has 0 aliphatic carbocycles. The van der Waals surface area contributed by atoms with Gasteiger partial charge in [0.15, 0.2) is 0 Å². The Balaban J connectivity index is -0.0000000869. The van der Waals surface area contributed by atoms with Crippen LogP contribution in [0.3, 0.4) is 0 Å². The Morgan fingerprint density at radius 2 is 1.61 bits per heavy atom. The molecule has 0 radical (unpaired) electrons. The highest BCUT2D eigenvalue weighted by Crippen LogP contribution is 2.02. The summed E-state index contributed by atoms with van der Waals surface area (Å²) in [7, 11) is 1.55. The molecule has 108 valence electrons. The lowest BCUT2D eigenvalue weighted by Crippen LogP contribution is -2.26. The third kappa shape index (κ3) is 46.6. The Labute approximate surface area is 113 Å². The minimum atomic E-state index is -0.130. The van der Waals surface area contributed by atoms with E-state index in [1.165, 1.54) is 0 Å². The number of carbonyl (C=O) groups excluding carboxylic acids is 2. The fourth-order valence-corrected chi connectivity index (χ4v) is 0.594. The van der Waals surface area contributed by atoms with Gasteiger partial charge in [-0.25, -0.2) is 0 Å². The van der Waals surface area contributed by atoms with Crippen LogP contribution in [0.4, 0.5) is 0 Å². The molecule has 0 saturated carbocycles. The molecule has 0 aromatic heterocycles. The maximum Gasteiger partial charge on any atom is 0.233 e. The van der Waals surface area contributed by atoms with Gasteiger partial charge in [0, 0.05) is 13.5 Å². The minimum Gasteiger partial charge on any atom is -0.358 e. The number of hydrogen-bond donors (Lipinski definition) is 2. The molecule has 0 saturated heterocycles. The second-order valence-corrected chi connectivity index (χ2v) is 3.51. The number of amides is 1. The molecule has 0 atom stereocenters. The molecule has 0 aromatic rings. The Morgan fingerprint density at radius 1 is 1.22 bits per heavy atom. The molecule has 0 fully saturated rings. The summed E-state index contributed by atoms with van der Waals surface area (Å²) in [5.74, 6) is 0.840. The normalized spacial score (nSPS) is 7.44. The lowest BCUT2D eigenvalue weighted by Gasteiger charge is -1.98. The largest absolute Gasteiger partial charge is 0.358 e. The molecular formula is C14H30N2O2. The monoisotopic (exact) mass is 258 g/mol. The second kappa shape index (κ2) is 24.8. The van der Waals surface area contributed by atoms with E-state index in [4.69, 9.17) is 5.73 Å². The predicted octanol–water partition coefficient (Wildman–Crippen LogP) is 1.98. The third-order valence-corrected chi connectivity index (χ3v) is 1.54. The van der Waals surface area contributed by atoms with Gasteiger partial charge in [-0.1, -0.05) is 27.7 Å². The maximum atomic E-state index is 10.3. The summed E-state index contributed by atoms with van der Waals surface area (Å²) in [6.07, 6.45) is 9.78. The molecular weight excluding hydrogens is 228 g/mol. The molecule has 4 nitrogen and oxygen atoms in total. The number of likely N-dealkylation sites (N-methyl/N-ethyl adjacent to an activating group) is 1. The SMILES string of the molecule is C#C.CC.CC(=O)CCC(C)C.CNC(=O)CN. The van der Waals surface area contributed by atoms with Gasteiger partial charge in [0.2, 0.25) is 5.91 Å². The molecule has 0 spiro atoms. The van der Waals surface area contributed by atoms with Crippen LogP contribution in [0.15, 0.2) is 0 Å². The van der Waals surface area contributed by atoms with Gasteiger partial charge in [-0.15, -0.1) is 12.8 Å². The Kier molecular flexibility index (Phi) is 35.1. The van der Waals surface area contributed by atoms with Crippen LogP contribution in [0.25, 0.3) is 0 Å². The van der Waals surface area contributed by atoms with Gasteiger partial charge >= 0.3 is 0 Å². The smallest absolute Gasteiger partial charge is 0.233 e. The summed E-state index contributed by atoms with van der Waals surface area (Å²) in [6.45, 7) is 9.98. The fraction of sp³-hybridized carbons (Fsp3) is 0.714. The number of nitrogens with two attached hydrogens (primary N) is 1. The average molecular weight is 258 g/mol. The molecule has 4 heteroatoms. The van der Waals surface area contributed by atoms with E-state index in [0.29, 0.717) is 11.7 Å². The number of rotatable bonds is 4. The molecule has 3 N–H and O–H groups in total. The summed E-state index contributed by atoms with van der Waals surface area (Å²) in [6, 6.07) is 0. The van der Waals surface area contributed by atoms with Crippen LogP contribution in [-0.2, 0) is 9.59 Å². The van der Waals surface area contributed by atoms with Gasteiger partial charge in [0.25, 0.3) is 0 Å². The van der Waals surface area contributed by atoms with Crippen molar-refractivity contribution in [2.24, 2.45) is 11.7 Å². The van der Waals surface area contributed by atoms with E-state index in [0.717, 1.165) is 12.8 Å². The number of ketones is 1. The number of carbonyl (C=O) groups is 2. The van der Waals surface area contributed by atoms with E-state index in [1.807, 2.05) is 13.8 Å². The average Bonchev–Trinajstić information content (AvgIpc) is 2.40. The van der Waals surface area contributed by atoms with Crippen molar-refractivity contribution >= 4 is 11.7 Å². The summed E-state index contributed by atoms with van der Waals surface area (Å²) < 4.78 is 0. The van der Waals surface area contributed by atoms with Crippen LogP contribution in [0.1, 0.15) is 47.5 Å². The fourth-order valence-electron chi connectivity index (χ4n) is 0.594. The van der Waals surface area contributed by atoms with Crippen molar-refractivity contribution in [1.82, 2.24) is 5.32 Å². The van der Waals surface area contributed by atoms with Crippen molar-refractivity contribution in [3.8, 4) is 12.8 Å². The van der Waals surface area contributed by atoms with Crippen molar-refractivity contribution in [2.75, 3.05) is 13.6 Å². The highest BCUT2D eigenvalue weighted by atomic mass is 16.1. The van der Waals surface area contributed by atoms with E-state index in [9.17, 15) is 9.59 Å².